The van der Waals surface area contributed by atoms with Crippen LogP contribution in [0.5, 0.6) is 0 Å². The molecule has 0 heterocycles. The second kappa shape index (κ2) is 6.06. The molecule has 2 N–H and O–H groups in total. The third-order valence-electron chi connectivity index (χ3n) is 1.99. The van der Waals surface area contributed by atoms with Crippen molar-refractivity contribution in [2.75, 3.05) is 6.54 Å². The molecule has 7 nitrogen and oxygen atoms in total. The van der Waals surface area contributed by atoms with Crippen LogP contribution in [0.1, 0.15) is 0 Å². The molecule has 0 spiro atoms. The molecule has 1 rings (SSSR count). The smallest absolute Gasteiger partial charge is 0.323 e. The first-order chi connectivity index (χ1) is 8.47. The van der Waals surface area contributed by atoms with E-state index in [-0.39, 0.29) is 4.90 Å². The second-order valence-corrected chi connectivity index (χ2v) is 4.97. The van der Waals surface area contributed by atoms with Crippen molar-refractivity contribution in [2.45, 2.75) is 10.9 Å². The summed E-state index contributed by atoms with van der Waals surface area (Å²) in [6, 6.07) is 5.79. The Kier molecular flexibility index (Phi) is 4.73. The SMILES string of the molecule is O=C=NC[C@H](NS(=O)(=O)c1ccccc1)C(=O)O. The number of aliphatic imine (C=N–C) groups is 1. The summed E-state index contributed by atoms with van der Waals surface area (Å²) in [6.07, 6.45) is 1.16. The average molecular weight is 270 g/mol. The number of carbonyl (C=O) groups is 1. The average Bonchev–Trinajstić information content (AvgIpc) is 2.35. The summed E-state index contributed by atoms with van der Waals surface area (Å²) < 4.78 is 25.5. The molecule has 0 aromatic heterocycles. The molecular weight excluding hydrogens is 260 g/mol. The zero-order valence-electron chi connectivity index (χ0n) is 9.11. The number of benzene rings is 1. The molecule has 96 valence electrons. The van der Waals surface area contributed by atoms with Crippen LogP contribution in [0.3, 0.4) is 0 Å². The molecule has 0 unspecified atom stereocenters. The van der Waals surface area contributed by atoms with Gasteiger partial charge in [-0.15, -0.1) is 0 Å². The maximum Gasteiger partial charge on any atom is 0.323 e. The summed E-state index contributed by atoms with van der Waals surface area (Å²) in [5.41, 5.74) is 0. The van der Waals surface area contributed by atoms with Gasteiger partial charge in [0.1, 0.15) is 6.04 Å². The number of rotatable bonds is 6. The summed E-state index contributed by atoms with van der Waals surface area (Å²) in [7, 11) is -3.96. The molecule has 0 radical (unpaired) electrons. The predicted octanol–water partition coefficient (Wildman–Crippen LogP) is -0.246. The second-order valence-electron chi connectivity index (χ2n) is 3.26. The zero-order valence-corrected chi connectivity index (χ0v) is 9.92. The third kappa shape index (κ3) is 3.77. The van der Waals surface area contributed by atoms with Crippen LogP contribution >= 0.6 is 0 Å². The highest BCUT2D eigenvalue weighted by Gasteiger charge is 2.24. The molecule has 0 aliphatic heterocycles. The summed E-state index contributed by atoms with van der Waals surface area (Å²) in [5.74, 6) is -1.42. The van der Waals surface area contributed by atoms with Gasteiger partial charge in [-0.2, -0.15) is 4.72 Å². The molecule has 0 bridgehead atoms. The predicted molar refractivity (Wildman–Crippen MR) is 61.2 cm³/mol. The van der Waals surface area contributed by atoms with Gasteiger partial charge in [-0.25, -0.2) is 18.2 Å². The molecule has 0 fully saturated rings. The Morgan fingerprint density at radius 3 is 2.50 bits per heavy atom. The van der Waals surface area contributed by atoms with Gasteiger partial charge in [-0.1, -0.05) is 18.2 Å². The molecule has 1 atom stereocenters. The molecule has 1 aromatic rings. The fraction of sp³-hybridized carbons (Fsp3) is 0.200. The Labute approximate surface area is 103 Å². The van der Waals surface area contributed by atoms with E-state index in [1.54, 1.807) is 6.07 Å². The molecule has 8 heteroatoms. The fourth-order valence-corrected chi connectivity index (χ4v) is 2.35. The van der Waals surface area contributed by atoms with Gasteiger partial charge in [0.05, 0.1) is 11.4 Å². The number of carbonyl (C=O) groups excluding carboxylic acids is 1. The number of carboxylic acid groups (broad SMARTS) is 1. The van der Waals surface area contributed by atoms with Gasteiger partial charge < -0.3 is 5.11 Å². The van der Waals surface area contributed by atoms with E-state index in [1.165, 1.54) is 24.3 Å². The number of sulfonamides is 1. The van der Waals surface area contributed by atoms with Crippen molar-refractivity contribution in [1.29, 1.82) is 0 Å². The van der Waals surface area contributed by atoms with Gasteiger partial charge in [-0.05, 0) is 12.1 Å². The van der Waals surface area contributed by atoms with Crippen LogP contribution in [0.2, 0.25) is 0 Å². The van der Waals surface area contributed by atoms with Gasteiger partial charge in [0.25, 0.3) is 0 Å². The van der Waals surface area contributed by atoms with E-state index in [2.05, 4.69) is 4.99 Å². The molecule has 1 aromatic carbocycles. The van der Waals surface area contributed by atoms with Crippen molar-refractivity contribution in [1.82, 2.24) is 4.72 Å². The first-order valence-corrected chi connectivity index (χ1v) is 6.29. The number of hydrogen-bond donors (Lipinski definition) is 2. The van der Waals surface area contributed by atoms with Crippen LogP contribution in [-0.2, 0) is 19.6 Å². The quantitative estimate of drug-likeness (QED) is 0.547. The van der Waals surface area contributed by atoms with Crippen LogP contribution in [0.4, 0.5) is 0 Å². The number of aliphatic carboxylic acids is 1. The largest absolute Gasteiger partial charge is 0.480 e. The highest BCUT2D eigenvalue weighted by molar-refractivity contribution is 7.89. The van der Waals surface area contributed by atoms with Crippen molar-refractivity contribution in [2.24, 2.45) is 4.99 Å². The Balaban J connectivity index is 2.93. The lowest BCUT2D eigenvalue weighted by Gasteiger charge is -2.11. The van der Waals surface area contributed by atoms with Crippen LogP contribution in [0.25, 0.3) is 0 Å². The van der Waals surface area contributed by atoms with E-state index in [0.717, 1.165) is 6.08 Å². The lowest BCUT2D eigenvalue weighted by molar-refractivity contribution is -0.138. The molecule has 18 heavy (non-hydrogen) atoms. The van der Waals surface area contributed by atoms with Gasteiger partial charge in [0.2, 0.25) is 16.1 Å². The van der Waals surface area contributed by atoms with E-state index >= 15 is 0 Å². The Morgan fingerprint density at radius 2 is 2.00 bits per heavy atom. The minimum Gasteiger partial charge on any atom is -0.480 e. The summed E-state index contributed by atoms with van der Waals surface area (Å²) in [5, 5.41) is 8.79. The number of isocyanates is 1. The van der Waals surface area contributed by atoms with Gasteiger partial charge >= 0.3 is 5.97 Å². The summed E-state index contributed by atoms with van der Waals surface area (Å²) in [4.78, 5) is 23.7. The van der Waals surface area contributed by atoms with Gasteiger partial charge in [-0.3, -0.25) is 4.79 Å². The molecular formula is C10H10N2O5S. The van der Waals surface area contributed by atoms with E-state index in [4.69, 9.17) is 5.11 Å². The van der Waals surface area contributed by atoms with Crippen LogP contribution in [0.15, 0.2) is 40.2 Å². The van der Waals surface area contributed by atoms with Gasteiger partial charge in [0.15, 0.2) is 0 Å². The first kappa shape index (κ1) is 14.0. The molecule has 0 aliphatic carbocycles. The van der Waals surface area contributed by atoms with Gasteiger partial charge in [0, 0.05) is 0 Å². The van der Waals surface area contributed by atoms with Crippen LogP contribution in [-0.4, -0.2) is 38.2 Å². The van der Waals surface area contributed by atoms with Crippen molar-refractivity contribution < 1.29 is 23.1 Å². The zero-order chi connectivity index (χ0) is 13.6. The van der Waals surface area contributed by atoms with E-state index < -0.39 is 28.6 Å². The minimum absolute atomic E-state index is 0.0636. The molecule has 0 amide bonds. The highest BCUT2D eigenvalue weighted by atomic mass is 32.2. The number of carboxylic acids is 1. The Bertz CT molecular complexity index is 563. The van der Waals surface area contributed by atoms with Crippen LogP contribution in [0, 0.1) is 0 Å². The van der Waals surface area contributed by atoms with E-state index in [1.807, 2.05) is 4.72 Å². The lowest BCUT2D eigenvalue weighted by atomic mass is 10.3. The van der Waals surface area contributed by atoms with E-state index in [9.17, 15) is 18.0 Å². The third-order valence-corrected chi connectivity index (χ3v) is 3.48. The lowest BCUT2D eigenvalue weighted by Crippen LogP contribution is -2.42. The maximum absolute atomic E-state index is 11.8. The summed E-state index contributed by atoms with van der Waals surface area (Å²) >= 11 is 0. The Morgan fingerprint density at radius 1 is 1.39 bits per heavy atom. The normalized spacial score (nSPS) is 12.4. The minimum atomic E-state index is -3.96. The van der Waals surface area contributed by atoms with Crippen molar-refractivity contribution in [3.8, 4) is 0 Å². The Hall–Kier alpha value is -2.02. The number of hydrogen-bond acceptors (Lipinski definition) is 5. The topological polar surface area (TPSA) is 113 Å². The number of nitrogens with zero attached hydrogens (tertiary/aromatic N) is 1. The van der Waals surface area contributed by atoms with Crippen molar-refractivity contribution in [3.63, 3.8) is 0 Å². The highest BCUT2D eigenvalue weighted by Crippen LogP contribution is 2.08. The molecule has 0 saturated carbocycles. The van der Waals surface area contributed by atoms with Crippen molar-refractivity contribution >= 4 is 22.1 Å². The first-order valence-electron chi connectivity index (χ1n) is 4.81. The maximum atomic E-state index is 11.8. The summed E-state index contributed by atoms with van der Waals surface area (Å²) in [6.45, 7) is -0.509. The molecule has 0 saturated heterocycles. The van der Waals surface area contributed by atoms with Crippen molar-refractivity contribution in [3.05, 3.63) is 30.3 Å². The monoisotopic (exact) mass is 270 g/mol. The standard InChI is InChI=1S/C10H10N2O5S/c13-7-11-6-9(10(14)15)12-18(16,17)8-4-2-1-3-5-8/h1-5,9,12H,6H2,(H,14,15)/t9-/m0/s1. The fourth-order valence-electron chi connectivity index (χ4n) is 1.15. The van der Waals surface area contributed by atoms with Crippen LogP contribution < -0.4 is 4.72 Å². The van der Waals surface area contributed by atoms with E-state index in [0.29, 0.717) is 0 Å². The number of nitrogens with one attached hydrogen (secondary N) is 1. The molecule has 0 aliphatic rings.